The van der Waals surface area contributed by atoms with Crippen LogP contribution in [-0.2, 0) is 19.2 Å². The molecule has 0 aromatic rings. The second-order valence-electron chi connectivity index (χ2n) is 2.18. The molecule has 0 aromatic heterocycles. The quantitative estimate of drug-likeness (QED) is 0.277. The molecule has 10 nitrogen and oxygen atoms in total. The number of rotatable bonds is 3. The summed E-state index contributed by atoms with van der Waals surface area (Å²) in [6.07, 6.45) is -4.53. The van der Waals surface area contributed by atoms with Crippen molar-refractivity contribution in [3.8, 4) is 0 Å². The van der Waals surface area contributed by atoms with Crippen LogP contribution in [0, 0.1) is 0 Å². The Labute approximate surface area is 87.0 Å². The summed E-state index contributed by atoms with van der Waals surface area (Å²) in [7, 11) is 0. The summed E-state index contributed by atoms with van der Waals surface area (Å²) >= 11 is 0. The molecule has 92 valence electrons. The Balaban J connectivity index is 0. The van der Waals surface area contributed by atoms with Crippen LogP contribution < -0.4 is 0 Å². The van der Waals surface area contributed by atoms with Gasteiger partial charge in [-0.3, -0.25) is 0 Å². The number of carboxylic acid groups (broad SMARTS) is 4. The van der Waals surface area contributed by atoms with Gasteiger partial charge in [0, 0.05) is 0 Å². The first-order valence-corrected chi connectivity index (χ1v) is 3.39. The number of hydrogen-bond donors (Lipinski definition) is 6. The molecule has 0 aromatic carbocycles. The van der Waals surface area contributed by atoms with Gasteiger partial charge in [-0.25, -0.2) is 19.2 Å². The highest BCUT2D eigenvalue weighted by Gasteiger charge is 2.29. The molecule has 0 amide bonds. The van der Waals surface area contributed by atoms with Crippen molar-refractivity contribution in [2.24, 2.45) is 0 Å². The van der Waals surface area contributed by atoms with Crippen molar-refractivity contribution in [3.05, 3.63) is 0 Å². The van der Waals surface area contributed by atoms with Crippen LogP contribution in [0.2, 0.25) is 0 Å². The number of carbonyl (C=O) groups is 4. The molecule has 0 aliphatic carbocycles. The highest BCUT2D eigenvalue weighted by Crippen LogP contribution is 1.92. The highest BCUT2D eigenvalue weighted by atomic mass is 16.4. The van der Waals surface area contributed by atoms with Crippen molar-refractivity contribution in [1.29, 1.82) is 0 Å². The summed E-state index contributed by atoms with van der Waals surface area (Å²) < 4.78 is 0. The summed E-state index contributed by atoms with van der Waals surface area (Å²) in [6, 6.07) is 0. The van der Waals surface area contributed by atoms with E-state index in [0.717, 1.165) is 0 Å². The van der Waals surface area contributed by atoms with Gasteiger partial charge in [-0.2, -0.15) is 0 Å². The van der Waals surface area contributed by atoms with E-state index < -0.39 is 36.1 Å². The molecule has 2 atom stereocenters. The Hall–Kier alpha value is -2.20. The van der Waals surface area contributed by atoms with Gasteiger partial charge in [0.05, 0.1) is 0 Å². The second kappa shape index (κ2) is 7.14. The van der Waals surface area contributed by atoms with E-state index in [4.69, 9.17) is 40.2 Å². The van der Waals surface area contributed by atoms with Gasteiger partial charge in [0.15, 0.2) is 12.2 Å². The van der Waals surface area contributed by atoms with Gasteiger partial charge < -0.3 is 30.6 Å². The molecule has 16 heavy (non-hydrogen) atoms. The lowest BCUT2D eigenvalue weighted by Crippen LogP contribution is -2.39. The van der Waals surface area contributed by atoms with Gasteiger partial charge in [-0.15, -0.1) is 0 Å². The predicted molar refractivity (Wildman–Crippen MR) is 42.6 cm³/mol. The van der Waals surface area contributed by atoms with Crippen LogP contribution in [0.25, 0.3) is 0 Å². The van der Waals surface area contributed by atoms with Crippen LogP contribution in [0.15, 0.2) is 0 Å². The average molecular weight is 240 g/mol. The normalized spacial score (nSPS) is 12.6. The molecule has 0 saturated carbocycles. The SMILES string of the molecule is O=C(O)C(=O)O.O=C(O)C(O)C(O)C(=O)O. The van der Waals surface area contributed by atoms with Gasteiger partial charge >= 0.3 is 23.9 Å². The summed E-state index contributed by atoms with van der Waals surface area (Å²) in [4.78, 5) is 37.7. The molecule has 0 saturated heterocycles. The monoisotopic (exact) mass is 240 g/mol. The third kappa shape index (κ3) is 7.23. The maximum atomic E-state index is 9.77. The minimum Gasteiger partial charge on any atom is -0.479 e. The van der Waals surface area contributed by atoms with Crippen LogP contribution in [0.3, 0.4) is 0 Å². The molecule has 0 radical (unpaired) electrons. The molecule has 0 spiro atoms. The maximum Gasteiger partial charge on any atom is 0.414 e. The Kier molecular flexibility index (Phi) is 7.25. The molecule has 0 aliphatic heterocycles. The van der Waals surface area contributed by atoms with Crippen molar-refractivity contribution in [2.75, 3.05) is 0 Å². The zero-order valence-corrected chi connectivity index (χ0v) is 7.47. The highest BCUT2D eigenvalue weighted by molar-refractivity contribution is 6.27. The minimum atomic E-state index is -2.27. The fourth-order valence-electron chi connectivity index (χ4n) is 0.270. The number of carboxylic acids is 4. The maximum absolute atomic E-state index is 9.77. The molecule has 0 fully saturated rings. The first-order chi connectivity index (χ1) is 7.11. The molecule has 0 heterocycles. The Morgan fingerprint density at radius 3 is 0.875 bits per heavy atom. The van der Waals surface area contributed by atoms with Crippen LogP contribution in [0.1, 0.15) is 0 Å². The van der Waals surface area contributed by atoms with E-state index in [1.807, 2.05) is 0 Å². The number of aliphatic hydroxyl groups excluding tert-OH is 2. The third-order valence-electron chi connectivity index (χ3n) is 0.988. The van der Waals surface area contributed by atoms with Gasteiger partial charge in [-0.1, -0.05) is 0 Å². The fraction of sp³-hybridized carbons (Fsp3) is 0.333. The summed E-state index contributed by atoms with van der Waals surface area (Å²) in [6.45, 7) is 0. The van der Waals surface area contributed by atoms with Gasteiger partial charge in [-0.05, 0) is 0 Å². The topological polar surface area (TPSA) is 190 Å². The molecular formula is C6H8O10. The molecule has 6 N–H and O–H groups in total. The molecular weight excluding hydrogens is 232 g/mol. The van der Waals surface area contributed by atoms with Crippen LogP contribution >= 0.6 is 0 Å². The number of hydrogen-bond acceptors (Lipinski definition) is 6. The molecule has 10 heteroatoms. The van der Waals surface area contributed by atoms with Crippen molar-refractivity contribution < 1.29 is 49.8 Å². The summed E-state index contributed by atoms with van der Waals surface area (Å²) in [5.41, 5.74) is 0. The zero-order chi connectivity index (χ0) is 13.5. The van der Waals surface area contributed by atoms with E-state index in [0.29, 0.717) is 0 Å². The van der Waals surface area contributed by atoms with Crippen molar-refractivity contribution in [1.82, 2.24) is 0 Å². The first kappa shape index (κ1) is 16.2. The van der Waals surface area contributed by atoms with E-state index in [-0.39, 0.29) is 0 Å². The van der Waals surface area contributed by atoms with E-state index in [1.54, 1.807) is 0 Å². The lowest BCUT2D eigenvalue weighted by molar-refractivity contribution is -0.165. The fourth-order valence-corrected chi connectivity index (χ4v) is 0.270. The minimum absolute atomic E-state index is 1.77. The Morgan fingerprint density at radius 2 is 0.812 bits per heavy atom. The van der Waals surface area contributed by atoms with Gasteiger partial charge in [0.1, 0.15) is 0 Å². The van der Waals surface area contributed by atoms with E-state index in [2.05, 4.69) is 0 Å². The second-order valence-corrected chi connectivity index (χ2v) is 2.18. The Bertz CT molecular complexity index is 264. The average Bonchev–Trinajstić information content (AvgIpc) is 2.15. The number of aliphatic hydroxyl groups is 2. The zero-order valence-electron chi connectivity index (χ0n) is 7.47. The molecule has 0 bridgehead atoms. The Morgan fingerprint density at radius 1 is 0.625 bits per heavy atom. The van der Waals surface area contributed by atoms with Crippen molar-refractivity contribution in [2.45, 2.75) is 12.2 Å². The molecule has 2 unspecified atom stereocenters. The third-order valence-corrected chi connectivity index (χ3v) is 0.988. The van der Waals surface area contributed by atoms with E-state index >= 15 is 0 Å². The molecule has 0 aliphatic rings. The number of aliphatic carboxylic acids is 4. The van der Waals surface area contributed by atoms with Gasteiger partial charge in [0.2, 0.25) is 0 Å². The summed E-state index contributed by atoms with van der Waals surface area (Å²) in [5, 5.41) is 47.3. The van der Waals surface area contributed by atoms with E-state index in [1.165, 1.54) is 0 Å². The lowest BCUT2D eigenvalue weighted by Gasteiger charge is -2.07. The molecule has 0 rings (SSSR count). The van der Waals surface area contributed by atoms with E-state index in [9.17, 15) is 9.59 Å². The van der Waals surface area contributed by atoms with Crippen molar-refractivity contribution >= 4 is 23.9 Å². The smallest absolute Gasteiger partial charge is 0.414 e. The predicted octanol–water partition coefficient (Wildman–Crippen LogP) is -2.97. The van der Waals surface area contributed by atoms with Crippen LogP contribution in [-0.4, -0.2) is 66.7 Å². The first-order valence-electron chi connectivity index (χ1n) is 3.39. The lowest BCUT2D eigenvalue weighted by atomic mass is 10.2. The van der Waals surface area contributed by atoms with Gasteiger partial charge in [0.25, 0.3) is 0 Å². The van der Waals surface area contributed by atoms with Crippen molar-refractivity contribution in [3.63, 3.8) is 0 Å². The standard InChI is InChI=1S/C4H6O6.C2H2O4/c5-1(3(7)8)2(6)4(9)10;3-1(4)2(5)6/h1-2,5-6H,(H,7,8)(H,9,10);(H,3,4)(H,5,6). The summed E-state index contributed by atoms with van der Waals surface area (Å²) in [5.74, 6) is -7.19. The van der Waals surface area contributed by atoms with Crippen LogP contribution in [0.4, 0.5) is 0 Å². The largest absolute Gasteiger partial charge is 0.479 e. The van der Waals surface area contributed by atoms with Crippen LogP contribution in [0.5, 0.6) is 0 Å².